The van der Waals surface area contributed by atoms with Crippen LogP contribution in [0, 0.1) is 11.8 Å². The lowest BCUT2D eigenvalue weighted by atomic mass is 10.1. The molecule has 2 fully saturated rings. The molecule has 2 N–H and O–H groups in total. The van der Waals surface area contributed by atoms with Crippen molar-refractivity contribution in [2.45, 2.75) is 46.0 Å². The summed E-state index contributed by atoms with van der Waals surface area (Å²) in [6.45, 7) is 12.1. The Kier molecular flexibility index (Phi) is 12.4. The lowest BCUT2D eigenvalue weighted by molar-refractivity contribution is -0.127. The van der Waals surface area contributed by atoms with E-state index in [1.165, 1.54) is 37.9 Å². The quantitative estimate of drug-likeness (QED) is 0.264. The molecule has 1 aromatic carbocycles. The molecular weight excluding hydrogens is 513 g/mol. The maximum Gasteiger partial charge on any atom is 0.223 e. The fourth-order valence-corrected chi connectivity index (χ4v) is 4.59. The summed E-state index contributed by atoms with van der Waals surface area (Å²) >= 11 is 0. The van der Waals surface area contributed by atoms with Crippen molar-refractivity contribution in [3.63, 3.8) is 0 Å². The Morgan fingerprint density at radius 2 is 1.91 bits per heavy atom. The van der Waals surface area contributed by atoms with E-state index in [1.54, 1.807) is 0 Å². The standard InChI is InChI=1S/C25H41N5O.HI/c1-3-26-25(27-17-21(2)19-29-13-8-5-9-14-29)28-18-23-16-24(31)30(20-23)15-12-22-10-6-4-7-11-22;/h4,6-7,10-11,21,23H,3,5,8-9,12-20H2,1-2H3,(H2,26,27,28);1H. The molecule has 0 aromatic heterocycles. The molecule has 2 heterocycles. The predicted octanol–water partition coefficient (Wildman–Crippen LogP) is 3.37. The summed E-state index contributed by atoms with van der Waals surface area (Å²) in [7, 11) is 0. The third kappa shape index (κ3) is 9.25. The number of carbonyl (C=O) groups is 1. The number of rotatable bonds is 10. The number of carbonyl (C=O) groups excluding carboxylic acids is 1. The van der Waals surface area contributed by atoms with Crippen molar-refractivity contribution in [2.24, 2.45) is 16.8 Å². The SMILES string of the molecule is CCNC(=NCC(C)CN1CCCCC1)NCC1CC(=O)N(CCc2ccccc2)C1.I. The van der Waals surface area contributed by atoms with E-state index in [9.17, 15) is 4.79 Å². The largest absolute Gasteiger partial charge is 0.357 e. The van der Waals surface area contributed by atoms with Gasteiger partial charge in [-0.15, -0.1) is 24.0 Å². The van der Waals surface area contributed by atoms with Gasteiger partial charge in [0.05, 0.1) is 0 Å². The zero-order chi connectivity index (χ0) is 21.9. The number of benzene rings is 1. The van der Waals surface area contributed by atoms with Crippen molar-refractivity contribution in [3.05, 3.63) is 35.9 Å². The number of aliphatic imine (C=N–C) groups is 1. The second-order valence-corrected chi connectivity index (χ2v) is 9.21. The van der Waals surface area contributed by atoms with Crippen molar-refractivity contribution in [3.8, 4) is 0 Å². The van der Waals surface area contributed by atoms with E-state index in [0.29, 0.717) is 18.3 Å². The number of hydrogen-bond acceptors (Lipinski definition) is 3. The van der Waals surface area contributed by atoms with Gasteiger partial charge in [-0.2, -0.15) is 0 Å². The first-order valence-electron chi connectivity index (χ1n) is 12.2. The van der Waals surface area contributed by atoms with Crippen LogP contribution in [0.25, 0.3) is 0 Å². The van der Waals surface area contributed by atoms with Crippen LogP contribution in [0.5, 0.6) is 0 Å². The number of nitrogens with one attached hydrogen (secondary N) is 2. The summed E-state index contributed by atoms with van der Waals surface area (Å²) in [5.74, 6) is 2.05. The second kappa shape index (κ2) is 14.7. The minimum absolute atomic E-state index is 0. The molecule has 2 saturated heterocycles. The first-order chi connectivity index (χ1) is 15.1. The lowest BCUT2D eigenvalue weighted by Gasteiger charge is -2.28. The fourth-order valence-electron chi connectivity index (χ4n) is 4.59. The number of amides is 1. The summed E-state index contributed by atoms with van der Waals surface area (Å²) in [5.41, 5.74) is 1.29. The van der Waals surface area contributed by atoms with Crippen LogP contribution < -0.4 is 10.6 Å². The average molecular weight is 556 g/mol. The molecular formula is C25H42IN5O. The molecule has 1 aromatic rings. The van der Waals surface area contributed by atoms with Crippen LogP contribution >= 0.6 is 24.0 Å². The van der Waals surface area contributed by atoms with E-state index in [0.717, 1.165) is 51.6 Å². The van der Waals surface area contributed by atoms with Gasteiger partial charge in [0.1, 0.15) is 0 Å². The number of hydrogen-bond donors (Lipinski definition) is 2. The van der Waals surface area contributed by atoms with Crippen LogP contribution in [0.4, 0.5) is 0 Å². The highest BCUT2D eigenvalue weighted by atomic mass is 127. The van der Waals surface area contributed by atoms with Crippen LogP contribution in [-0.2, 0) is 11.2 Å². The van der Waals surface area contributed by atoms with Gasteiger partial charge in [-0.1, -0.05) is 43.7 Å². The minimum atomic E-state index is 0. The Balaban J connectivity index is 0.00000363. The average Bonchev–Trinajstić information content (AvgIpc) is 3.15. The molecule has 0 bridgehead atoms. The van der Waals surface area contributed by atoms with Crippen LogP contribution in [0.2, 0.25) is 0 Å². The minimum Gasteiger partial charge on any atom is -0.357 e. The molecule has 6 nitrogen and oxygen atoms in total. The van der Waals surface area contributed by atoms with Gasteiger partial charge < -0.3 is 20.4 Å². The number of halogens is 1. The monoisotopic (exact) mass is 555 g/mol. The number of piperidine rings is 1. The van der Waals surface area contributed by atoms with Crippen molar-refractivity contribution in [1.82, 2.24) is 20.4 Å². The van der Waals surface area contributed by atoms with Gasteiger partial charge in [-0.3, -0.25) is 9.79 Å². The molecule has 7 heteroatoms. The third-order valence-electron chi connectivity index (χ3n) is 6.29. The molecule has 3 rings (SSSR count). The molecule has 0 aliphatic carbocycles. The van der Waals surface area contributed by atoms with Gasteiger partial charge in [0.2, 0.25) is 5.91 Å². The van der Waals surface area contributed by atoms with Crippen LogP contribution in [0.15, 0.2) is 35.3 Å². The van der Waals surface area contributed by atoms with Crippen molar-refractivity contribution >= 4 is 35.8 Å². The van der Waals surface area contributed by atoms with Crippen LogP contribution in [0.3, 0.4) is 0 Å². The molecule has 0 spiro atoms. The Morgan fingerprint density at radius 3 is 2.62 bits per heavy atom. The zero-order valence-corrected chi connectivity index (χ0v) is 22.2. The number of nitrogens with zero attached hydrogens (tertiary/aromatic N) is 3. The van der Waals surface area contributed by atoms with Gasteiger partial charge in [0.25, 0.3) is 0 Å². The fraction of sp³-hybridized carbons (Fsp3) is 0.680. The zero-order valence-electron chi connectivity index (χ0n) is 19.9. The van der Waals surface area contributed by atoms with Crippen molar-refractivity contribution in [1.29, 1.82) is 0 Å². The maximum absolute atomic E-state index is 12.4. The summed E-state index contributed by atoms with van der Waals surface area (Å²) in [6, 6.07) is 10.4. The molecule has 2 atom stereocenters. The van der Waals surface area contributed by atoms with Crippen LogP contribution in [0.1, 0.15) is 45.1 Å². The smallest absolute Gasteiger partial charge is 0.223 e. The summed E-state index contributed by atoms with van der Waals surface area (Å²) in [6.07, 6.45) is 5.61. The molecule has 2 unspecified atom stereocenters. The van der Waals surface area contributed by atoms with Gasteiger partial charge in [0, 0.05) is 51.6 Å². The van der Waals surface area contributed by atoms with Crippen molar-refractivity contribution in [2.75, 3.05) is 52.4 Å². The Morgan fingerprint density at radius 1 is 1.16 bits per heavy atom. The highest BCUT2D eigenvalue weighted by molar-refractivity contribution is 14.0. The molecule has 0 radical (unpaired) electrons. The summed E-state index contributed by atoms with van der Waals surface area (Å²) < 4.78 is 0. The predicted molar refractivity (Wildman–Crippen MR) is 144 cm³/mol. The maximum atomic E-state index is 12.4. The molecule has 2 aliphatic rings. The summed E-state index contributed by atoms with van der Waals surface area (Å²) in [5, 5.41) is 6.84. The van der Waals surface area contributed by atoms with E-state index >= 15 is 0 Å². The van der Waals surface area contributed by atoms with Gasteiger partial charge >= 0.3 is 0 Å². The normalized spacial score (nSPS) is 20.7. The van der Waals surface area contributed by atoms with E-state index in [2.05, 4.69) is 53.6 Å². The van der Waals surface area contributed by atoms with Gasteiger partial charge in [-0.25, -0.2) is 0 Å². The third-order valence-corrected chi connectivity index (χ3v) is 6.29. The van der Waals surface area contributed by atoms with E-state index < -0.39 is 0 Å². The first-order valence-corrected chi connectivity index (χ1v) is 12.2. The molecule has 0 saturated carbocycles. The lowest BCUT2D eigenvalue weighted by Crippen LogP contribution is -2.41. The van der Waals surface area contributed by atoms with Gasteiger partial charge in [0.15, 0.2) is 5.96 Å². The second-order valence-electron chi connectivity index (χ2n) is 9.21. The number of likely N-dealkylation sites (tertiary alicyclic amines) is 2. The van der Waals surface area contributed by atoms with Gasteiger partial charge in [-0.05, 0) is 50.8 Å². The van der Waals surface area contributed by atoms with E-state index in [4.69, 9.17) is 4.99 Å². The highest BCUT2D eigenvalue weighted by Crippen LogP contribution is 2.17. The van der Waals surface area contributed by atoms with E-state index in [-0.39, 0.29) is 29.9 Å². The Labute approximate surface area is 211 Å². The molecule has 1 amide bonds. The topological polar surface area (TPSA) is 60.0 Å². The van der Waals surface area contributed by atoms with E-state index in [1.807, 2.05) is 11.0 Å². The highest BCUT2D eigenvalue weighted by Gasteiger charge is 2.29. The Hall–Kier alpha value is -1.35. The Bertz CT molecular complexity index is 693. The van der Waals surface area contributed by atoms with Crippen LogP contribution in [-0.4, -0.2) is 74.0 Å². The molecule has 180 valence electrons. The first kappa shape index (κ1) is 26.9. The number of guanidine groups is 1. The summed E-state index contributed by atoms with van der Waals surface area (Å²) in [4.78, 5) is 21.9. The van der Waals surface area contributed by atoms with Crippen molar-refractivity contribution < 1.29 is 4.79 Å². The molecule has 2 aliphatic heterocycles. The molecule has 32 heavy (non-hydrogen) atoms.